The Labute approximate surface area is 162 Å². The Morgan fingerprint density at radius 2 is 1.89 bits per heavy atom. The van der Waals surface area contributed by atoms with Gasteiger partial charge in [0.1, 0.15) is 11.3 Å². The standard InChI is InChI=1S/C22H21NO5/c1-3-6-15-11-22(26)28-20-12-16(9-10-18(15)20)27-13-21(25)23-19-8-5-4-7-17(19)14(2)24/h4-5,7-12H,3,6,13H2,1-2H3,(H,23,25). The maximum Gasteiger partial charge on any atom is 0.336 e. The minimum absolute atomic E-state index is 0.135. The summed E-state index contributed by atoms with van der Waals surface area (Å²) in [4.78, 5) is 35.6. The van der Waals surface area contributed by atoms with Crippen LogP contribution < -0.4 is 15.7 Å². The van der Waals surface area contributed by atoms with E-state index in [2.05, 4.69) is 5.32 Å². The first kappa shape index (κ1) is 19.4. The number of benzene rings is 2. The van der Waals surface area contributed by atoms with Gasteiger partial charge in [-0.3, -0.25) is 9.59 Å². The molecule has 0 saturated heterocycles. The minimum Gasteiger partial charge on any atom is -0.484 e. The number of para-hydroxylation sites is 1. The van der Waals surface area contributed by atoms with Gasteiger partial charge in [0.05, 0.1) is 5.69 Å². The van der Waals surface area contributed by atoms with Crippen LogP contribution in [-0.2, 0) is 11.2 Å². The highest BCUT2D eigenvalue weighted by molar-refractivity contribution is 6.03. The van der Waals surface area contributed by atoms with Gasteiger partial charge in [0, 0.05) is 23.1 Å². The molecule has 0 radical (unpaired) electrons. The number of ketones is 1. The summed E-state index contributed by atoms with van der Waals surface area (Å²) in [6.07, 6.45) is 1.69. The van der Waals surface area contributed by atoms with Crippen LogP contribution in [0, 0.1) is 0 Å². The number of Topliss-reactive ketones (excluding diaryl/α,β-unsaturated/α-hetero) is 1. The minimum atomic E-state index is -0.410. The van der Waals surface area contributed by atoms with Gasteiger partial charge in [-0.1, -0.05) is 25.5 Å². The first-order valence-electron chi connectivity index (χ1n) is 9.07. The summed E-state index contributed by atoms with van der Waals surface area (Å²) in [6.45, 7) is 3.24. The molecule has 2 aromatic carbocycles. The van der Waals surface area contributed by atoms with Gasteiger partial charge in [-0.05, 0) is 43.2 Å². The fourth-order valence-electron chi connectivity index (χ4n) is 3.01. The number of anilines is 1. The van der Waals surface area contributed by atoms with Crippen LogP contribution in [0.4, 0.5) is 5.69 Å². The smallest absolute Gasteiger partial charge is 0.336 e. The number of carbonyl (C=O) groups is 2. The lowest BCUT2D eigenvalue weighted by Crippen LogP contribution is -2.21. The molecule has 0 atom stereocenters. The third-order valence-corrected chi connectivity index (χ3v) is 4.27. The number of nitrogens with one attached hydrogen (secondary N) is 1. The van der Waals surface area contributed by atoms with Crippen molar-refractivity contribution in [3.8, 4) is 5.75 Å². The lowest BCUT2D eigenvalue weighted by Gasteiger charge is -2.11. The Balaban J connectivity index is 1.72. The van der Waals surface area contributed by atoms with Crippen molar-refractivity contribution in [2.45, 2.75) is 26.7 Å². The number of hydrogen-bond donors (Lipinski definition) is 1. The molecule has 3 rings (SSSR count). The molecule has 3 aromatic rings. The molecule has 0 fully saturated rings. The van der Waals surface area contributed by atoms with E-state index in [-0.39, 0.29) is 12.4 Å². The number of amides is 1. The summed E-state index contributed by atoms with van der Waals surface area (Å²) in [5.41, 5.74) is 1.82. The van der Waals surface area contributed by atoms with Crippen molar-refractivity contribution in [1.29, 1.82) is 0 Å². The molecule has 0 unspecified atom stereocenters. The van der Waals surface area contributed by atoms with Gasteiger partial charge >= 0.3 is 5.63 Å². The molecule has 28 heavy (non-hydrogen) atoms. The van der Waals surface area contributed by atoms with Crippen LogP contribution in [0.1, 0.15) is 36.2 Å². The largest absolute Gasteiger partial charge is 0.484 e. The summed E-state index contributed by atoms with van der Waals surface area (Å²) in [5.74, 6) is -0.112. The molecule has 1 heterocycles. The van der Waals surface area contributed by atoms with Crippen molar-refractivity contribution < 1.29 is 18.7 Å². The zero-order chi connectivity index (χ0) is 20.1. The van der Waals surface area contributed by atoms with Crippen LogP contribution in [-0.4, -0.2) is 18.3 Å². The number of hydrogen-bond acceptors (Lipinski definition) is 5. The van der Waals surface area contributed by atoms with Gasteiger partial charge in [0.2, 0.25) is 0 Å². The van der Waals surface area contributed by atoms with E-state index in [1.54, 1.807) is 36.4 Å². The summed E-state index contributed by atoms with van der Waals surface area (Å²) < 4.78 is 10.8. The lowest BCUT2D eigenvalue weighted by atomic mass is 10.1. The third kappa shape index (κ3) is 4.46. The maximum atomic E-state index is 12.2. The second kappa shape index (κ2) is 8.52. The molecule has 0 spiro atoms. The number of fused-ring (bicyclic) bond motifs is 1. The molecule has 1 amide bonds. The highest BCUT2D eigenvalue weighted by Gasteiger charge is 2.11. The van der Waals surface area contributed by atoms with E-state index in [9.17, 15) is 14.4 Å². The van der Waals surface area contributed by atoms with Crippen LogP contribution in [0.3, 0.4) is 0 Å². The van der Waals surface area contributed by atoms with E-state index in [4.69, 9.17) is 9.15 Å². The Kier molecular flexibility index (Phi) is 5.89. The van der Waals surface area contributed by atoms with E-state index < -0.39 is 11.5 Å². The predicted octanol–water partition coefficient (Wildman–Crippen LogP) is 3.97. The van der Waals surface area contributed by atoms with E-state index in [1.807, 2.05) is 13.0 Å². The number of aryl methyl sites for hydroxylation is 1. The molecule has 6 heteroatoms. The highest BCUT2D eigenvalue weighted by atomic mass is 16.5. The first-order chi connectivity index (χ1) is 13.5. The Bertz CT molecular complexity index is 1080. The number of rotatable bonds is 7. The zero-order valence-electron chi connectivity index (χ0n) is 15.8. The van der Waals surface area contributed by atoms with Crippen LogP contribution in [0.5, 0.6) is 5.75 Å². The SMILES string of the molecule is CCCc1cc(=O)oc2cc(OCC(=O)Nc3ccccc3C(C)=O)ccc12. The van der Waals surface area contributed by atoms with Crippen molar-refractivity contribution >= 4 is 28.3 Å². The molecule has 1 N–H and O–H groups in total. The van der Waals surface area contributed by atoms with Gasteiger partial charge < -0.3 is 14.5 Å². The monoisotopic (exact) mass is 379 g/mol. The average molecular weight is 379 g/mol. The zero-order valence-corrected chi connectivity index (χ0v) is 15.8. The van der Waals surface area contributed by atoms with Crippen molar-refractivity contribution in [1.82, 2.24) is 0 Å². The van der Waals surface area contributed by atoms with E-state index >= 15 is 0 Å². The molecule has 0 saturated carbocycles. The number of ether oxygens (including phenoxy) is 1. The molecule has 0 aliphatic heterocycles. The van der Waals surface area contributed by atoms with Crippen molar-refractivity contribution in [3.63, 3.8) is 0 Å². The predicted molar refractivity (Wildman–Crippen MR) is 107 cm³/mol. The fraction of sp³-hybridized carbons (Fsp3) is 0.227. The van der Waals surface area contributed by atoms with E-state index in [0.29, 0.717) is 22.6 Å². The molecular weight excluding hydrogens is 358 g/mol. The third-order valence-electron chi connectivity index (χ3n) is 4.27. The number of carbonyl (C=O) groups excluding carboxylic acids is 2. The van der Waals surface area contributed by atoms with Crippen molar-refractivity contribution in [3.05, 3.63) is 70.1 Å². The highest BCUT2D eigenvalue weighted by Crippen LogP contribution is 2.23. The van der Waals surface area contributed by atoms with Crippen LogP contribution in [0.2, 0.25) is 0 Å². The first-order valence-corrected chi connectivity index (χ1v) is 9.07. The quantitative estimate of drug-likeness (QED) is 0.496. The average Bonchev–Trinajstić information content (AvgIpc) is 2.66. The Hall–Kier alpha value is -3.41. The summed E-state index contributed by atoms with van der Waals surface area (Å²) in [5, 5.41) is 3.53. The molecule has 6 nitrogen and oxygen atoms in total. The van der Waals surface area contributed by atoms with E-state index in [1.165, 1.54) is 13.0 Å². The van der Waals surface area contributed by atoms with Crippen molar-refractivity contribution in [2.75, 3.05) is 11.9 Å². The second-order valence-corrected chi connectivity index (χ2v) is 6.44. The van der Waals surface area contributed by atoms with Crippen LogP contribution >= 0.6 is 0 Å². The van der Waals surface area contributed by atoms with Gasteiger partial charge in [0.25, 0.3) is 5.91 Å². The van der Waals surface area contributed by atoms with Crippen LogP contribution in [0.25, 0.3) is 11.0 Å². The van der Waals surface area contributed by atoms with E-state index in [0.717, 1.165) is 23.8 Å². The molecule has 0 aliphatic rings. The molecule has 144 valence electrons. The summed E-state index contributed by atoms with van der Waals surface area (Å²) in [7, 11) is 0. The summed E-state index contributed by atoms with van der Waals surface area (Å²) in [6, 6.07) is 13.5. The molecule has 0 bridgehead atoms. The molecule has 0 aliphatic carbocycles. The van der Waals surface area contributed by atoms with Gasteiger partial charge in [0.15, 0.2) is 12.4 Å². The Morgan fingerprint density at radius 3 is 2.64 bits per heavy atom. The normalized spacial score (nSPS) is 10.6. The topological polar surface area (TPSA) is 85.6 Å². The van der Waals surface area contributed by atoms with Gasteiger partial charge in [-0.2, -0.15) is 0 Å². The fourth-order valence-corrected chi connectivity index (χ4v) is 3.01. The second-order valence-electron chi connectivity index (χ2n) is 6.44. The van der Waals surface area contributed by atoms with Gasteiger partial charge in [-0.15, -0.1) is 0 Å². The maximum absolute atomic E-state index is 12.2. The lowest BCUT2D eigenvalue weighted by molar-refractivity contribution is -0.118. The van der Waals surface area contributed by atoms with Crippen LogP contribution in [0.15, 0.2) is 57.7 Å². The Morgan fingerprint density at radius 1 is 1.11 bits per heavy atom. The summed E-state index contributed by atoms with van der Waals surface area (Å²) >= 11 is 0. The molecule has 1 aromatic heterocycles. The molecular formula is C22H21NO5. The van der Waals surface area contributed by atoms with Gasteiger partial charge in [-0.25, -0.2) is 4.79 Å². The van der Waals surface area contributed by atoms with Crippen molar-refractivity contribution in [2.24, 2.45) is 0 Å².